The van der Waals surface area contributed by atoms with Crippen LogP contribution in [0.4, 0.5) is 10.1 Å². The van der Waals surface area contributed by atoms with Crippen LogP contribution in [-0.4, -0.2) is 49.9 Å². The molecule has 0 aliphatic carbocycles. The molecule has 1 atom stereocenters. The Labute approximate surface area is 148 Å². The number of aliphatic hydroxyl groups excluding tert-OH is 1. The number of morpholine rings is 1. The topological polar surface area (TPSA) is 35.9 Å². The van der Waals surface area contributed by atoms with E-state index in [9.17, 15) is 9.50 Å². The lowest BCUT2D eigenvalue weighted by Gasteiger charge is -2.31. The maximum atomic E-state index is 13.0. The van der Waals surface area contributed by atoms with Gasteiger partial charge in [-0.05, 0) is 36.4 Å². The molecule has 3 rings (SSSR count). The summed E-state index contributed by atoms with van der Waals surface area (Å²) >= 11 is 0. The van der Waals surface area contributed by atoms with Crippen molar-refractivity contribution >= 4 is 5.69 Å². The first-order valence-electron chi connectivity index (χ1n) is 8.66. The Morgan fingerprint density at radius 2 is 1.80 bits per heavy atom. The number of ether oxygens (including phenoxy) is 1. The van der Waals surface area contributed by atoms with E-state index in [4.69, 9.17) is 4.74 Å². The lowest BCUT2D eigenvalue weighted by atomic mass is 10.1. The molecule has 0 spiro atoms. The quantitative estimate of drug-likeness (QED) is 0.874. The third-order valence-electron chi connectivity index (χ3n) is 4.52. The SMILES string of the molecule is CN(Cc1ccccc1N1CCOCC1)CC(O)c1ccc(F)cc1. The highest BCUT2D eigenvalue weighted by Crippen LogP contribution is 2.23. The third-order valence-corrected chi connectivity index (χ3v) is 4.52. The molecule has 1 aliphatic heterocycles. The van der Waals surface area contributed by atoms with Gasteiger partial charge in [0, 0.05) is 31.9 Å². The zero-order valence-corrected chi connectivity index (χ0v) is 14.6. The fraction of sp³-hybridized carbons (Fsp3) is 0.400. The van der Waals surface area contributed by atoms with Crippen LogP contribution in [0.2, 0.25) is 0 Å². The predicted octanol–water partition coefficient (Wildman–Crippen LogP) is 2.83. The first-order valence-corrected chi connectivity index (χ1v) is 8.66. The van der Waals surface area contributed by atoms with E-state index in [1.165, 1.54) is 23.4 Å². The zero-order chi connectivity index (χ0) is 17.6. The van der Waals surface area contributed by atoms with E-state index >= 15 is 0 Å². The maximum absolute atomic E-state index is 13.0. The van der Waals surface area contributed by atoms with Crippen molar-refractivity contribution in [1.82, 2.24) is 4.90 Å². The smallest absolute Gasteiger partial charge is 0.123 e. The standard InChI is InChI=1S/C20H25FN2O2/c1-22(15-20(24)16-6-8-18(21)9-7-16)14-17-4-2-3-5-19(17)23-10-12-25-13-11-23/h2-9,20,24H,10-15H2,1H3. The molecule has 0 saturated carbocycles. The molecule has 4 nitrogen and oxygen atoms in total. The molecule has 1 N–H and O–H groups in total. The average Bonchev–Trinajstić information content (AvgIpc) is 2.63. The monoisotopic (exact) mass is 344 g/mol. The van der Waals surface area contributed by atoms with Gasteiger partial charge in [0.1, 0.15) is 5.82 Å². The second kappa shape index (κ2) is 8.43. The Kier molecular flexibility index (Phi) is 6.02. The normalized spacial score (nSPS) is 16.2. The molecule has 0 bridgehead atoms. The average molecular weight is 344 g/mol. The summed E-state index contributed by atoms with van der Waals surface area (Å²) in [5.41, 5.74) is 3.20. The van der Waals surface area contributed by atoms with Crippen molar-refractivity contribution in [2.75, 3.05) is 44.8 Å². The molecule has 1 fully saturated rings. The molecule has 1 heterocycles. The Morgan fingerprint density at radius 3 is 2.52 bits per heavy atom. The number of aliphatic hydroxyl groups is 1. The molecular formula is C20H25FN2O2. The van der Waals surface area contributed by atoms with Crippen LogP contribution in [0.15, 0.2) is 48.5 Å². The van der Waals surface area contributed by atoms with Gasteiger partial charge in [0.05, 0.1) is 19.3 Å². The van der Waals surface area contributed by atoms with Gasteiger partial charge < -0.3 is 14.7 Å². The first-order chi connectivity index (χ1) is 12.1. The number of halogens is 1. The minimum atomic E-state index is -0.638. The van der Waals surface area contributed by atoms with Gasteiger partial charge in [0.2, 0.25) is 0 Å². The summed E-state index contributed by atoms with van der Waals surface area (Å²) in [5, 5.41) is 10.4. The summed E-state index contributed by atoms with van der Waals surface area (Å²) in [5.74, 6) is -0.288. The molecule has 1 unspecified atom stereocenters. The minimum absolute atomic E-state index is 0.288. The van der Waals surface area contributed by atoms with E-state index in [0.717, 1.165) is 38.4 Å². The molecule has 134 valence electrons. The van der Waals surface area contributed by atoms with Crippen LogP contribution in [0.1, 0.15) is 17.2 Å². The number of para-hydroxylation sites is 1. The molecule has 25 heavy (non-hydrogen) atoms. The van der Waals surface area contributed by atoms with Crippen LogP contribution in [0.25, 0.3) is 0 Å². The summed E-state index contributed by atoms with van der Waals surface area (Å²) < 4.78 is 18.5. The Hall–Kier alpha value is -1.95. The summed E-state index contributed by atoms with van der Waals surface area (Å²) in [6.07, 6.45) is -0.638. The van der Waals surface area contributed by atoms with Gasteiger partial charge in [-0.25, -0.2) is 4.39 Å². The van der Waals surface area contributed by atoms with Crippen LogP contribution in [0, 0.1) is 5.82 Å². The number of benzene rings is 2. The van der Waals surface area contributed by atoms with Crippen LogP contribution in [-0.2, 0) is 11.3 Å². The molecule has 2 aromatic rings. The fourth-order valence-electron chi connectivity index (χ4n) is 3.20. The van der Waals surface area contributed by atoms with E-state index < -0.39 is 6.10 Å². The molecule has 1 saturated heterocycles. The molecule has 0 radical (unpaired) electrons. The van der Waals surface area contributed by atoms with Crippen molar-refractivity contribution in [3.05, 3.63) is 65.5 Å². The number of likely N-dealkylation sites (N-methyl/N-ethyl adjacent to an activating group) is 1. The van der Waals surface area contributed by atoms with Crippen molar-refractivity contribution in [3.8, 4) is 0 Å². The molecule has 1 aliphatic rings. The highest BCUT2D eigenvalue weighted by atomic mass is 19.1. The van der Waals surface area contributed by atoms with Gasteiger partial charge in [-0.3, -0.25) is 4.90 Å². The van der Waals surface area contributed by atoms with Crippen molar-refractivity contribution in [2.24, 2.45) is 0 Å². The summed E-state index contributed by atoms with van der Waals surface area (Å²) in [4.78, 5) is 4.44. The maximum Gasteiger partial charge on any atom is 0.123 e. The zero-order valence-electron chi connectivity index (χ0n) is 14.6. The number of rotatable bonds is 6. The Bertz CT molecular complexity index is 672. The van der Waals surface area contributed by atoms with Crippen molar-refractivity contribution in [2.45, 2.75) is 12.6 Å². The molecule has 0 amide bonds. The van der Waals surface area contributed by atoms with Crippen molar-refractivity contribution in [3.63, 3.8) is 0 Å². The molecule has 5 heteroatoms. The largest absolute Gasteiger partial charge is 0.387 e. The van der Waals surface area contributed by atoms with Gasteiger partial charge in [0.15, 0.2) is 0 Å². The van der Waals surface area contributed by atoms with Gasteiger partial charge >= 0.3 is 0 Å². The number of nitrogens with zero attached hydrogens (tertiary/aromatic N) is 2. The van der Waals surface area contributed by atoms with Gasteiger partial charge in [0.25, 0.3) is 0 Å². The highest BCUT2D eigenvalue weighted by Gasteiger charge is 2.16. The molecular weight excluding hydrogens is 319 g/mol. The van der Waals surface area contributed by atoms with Gasteiger partial charge in [-0.1, -0.05) is 30.3 Å². The third kappa shape index (κ3) is 4.78. The Morgan fingerprint density at radius 1 is 1.12 bits per heavy atom. The van der Waals surface area contributed by atoms with Crippen molar-refractivity contribution in [1.29, 1.82) is 0 Å². The van der Waals surface area contributed by atoms with Crippen LogP contribution in [0.3, 0.4) is 0 Å². The highest BCUT2D eigenvalue weighted by molar-refractivity contribution is 5.53. The Balaban J connectivity index is 1.64. The number of hydrogen-bond donors (Lipinski definition) is 1. The van der Waals surface area contributed by atoms with Gasteiger partial charge in [-0.2, -0.15) is 0 Å². The van der Waals surface area contributed by atoms with E-state index in [1.54, 1.807) is 12.1 Å². The minimum Gasteiger partial charge on any atom is -0.387 e. The summed E-state index contributed by atoms with van der Waals surface area (Å²) in [7, 11) is 1.99. The van der Waals surface area contributed by atoms with Crippen LogP contribution in [0.5, 0.6) is 0 Å². The van der Waals surface area contributed by atoms with E-state index in [2.05, 4.69) is 28.0 Å². The number of anilines is 1. The second-order valence-corrected chi connectivity index (χ2v) is 6.49. The summed E-state index contributed by atoms with van der Waals surface area (Å²) in [6.45, 7) is 4.55. The fourth-order valence-corrected chi connectivity index (χ4v) is 3.20. The molecule has 0 aromatic heterocycles. The van der Waals surface area contributed by atoms with E-state index in [-0.39, 0.29) is 5.82 Å². The number of hydrogen-bond acceptors (Lipinski definition) is 4. The predicted molar refractivity (Wildman–Crippen MR) is 97.2 cm³/mol. The van der Waals surface area contributed by atoms with Crippen molar-refractivity contribution < 1.29 is 14.2 Å². The van der Waals surface area contributed by atoms with Crippen LogP contribution < -0.4 is 4.90 Å². The van der Waals surface area contributed by atoms with E-state index in [0.29, 0.717) is 6.54 Å². The summed E-state index contributed by atoms with van der Waals surface area (Å²) in [6, 6.07) is 14.4. The lowest BCUT2D eigenvalue weighted by molar-refractivity contribution is 0.121. The van der Waals surface area contributed by atoms with Crippen LogP contribution >= 0.6 is 0 Å². The second-order valence-electron chi connectivity index (χ2n) is 6.49. The lowest BCUT2D eigenvalue weighted by Crippen LogP contribution is -2.37. The van der Waals surface area contributed by atoms with Gasteiger partial charge in [-0.15, -0.1) is 0 Å². The molecule has 2 aromatic carbocycles. The van der Waals surface area contributed by atoms with E-state index in [1.807, 2.05) is 13.1 Å². The first kappa shape index (κ1) is 17.9.